The number of carboxylic acid groups (broad SMARTS) is 1. The summed E-state index contributed by atoms with van der Waals surface area (Å²) in [6, 6.07) is -0.568. The topological polar surface area (TPSA) is 58.6 Å². The van der Waals surface area contributed by atoms with Crippen LogP contribution in [0.1, 0.15) is 33.6 Å². The fourth-order valence-electron chi connectivity index (χ4n) is 1.92. The standard InChI is InChI=1S/C10H19NO3/c1-4-10(5-2)6-11-8(9(12)13)7(3)14-10/h7-8,11H,4-6H2,1-3H3,(H,12,13). The van der Waals surface area contributed by atoms with Crippen molar-refractivity contribution in [2.24, 2.45) is 0 Å². The van der Waals surface area contributed by atoms with E-state index in [9.17, 15) is 4.79 Å². The molecule has 1 aliphatic heterocycles. The van der Waals surface area contributed by atoms with Crippen molar-refractivity contribution in [2.75, 3.05) is 6.54 Å². The summed E-state index contributed by atoms with van der Waals surface area (Å²) in [5.41, 5.74) is -0.175. The van der Waals surface area contributed by atoms with Gasteiger partial charge in [-0.1, -0.05) is 13.8 Å². The van der Waals surface area contributed by atoms with E-state index < -0.39 is 12.0 Å². The second-order valence-corrected chi connectivity index (χ2v) is 3.91. The highest BCUT2D eigenvalue weighted by Gasteiger charge is 2.39. The van der Waals surface area contributed by atoms with Crippen LogP contribution in [0.15, 0.2) is 0 Å². The number of rotatable bonds is 3. The van der Waals surface area contributed by atoms with Crippen molar-refractivity contribution >= 4 is 5.97 Å². The van der Waals surface area contributed by atoms with Crippen molar-refractivity contribution in [1.82, 2.24) is 5.32 Å². The molecule has 1 aliphatic rings. The maximum absolute atomic E-state index is 10.8. The van der Waals surface area contributed by atoms with E-state index >= 15 is 0 Å². The van der Waals surface area contributed by atoms with Crippen LogP contribution in [0.4, 0.5) is 0 Å². The Balaban J connectivity index is 2.66. The van der Waals surface area contributed by atoms with E-state index in [1.807, 2.05) is 6.92 Å². The molecule has 1 fully saturated rings. The zero-order valence-corrected chi connectivity index (χ0v) is 9.04. The minimum absolute atomic E-state index is 0.175. The summed E-state index contributed by atoms with van der Waals surface area (Å²) in [7, 11) is 0. The van der Waals surface area contributed by atoms with Crippen LogP contribution in [0.5, 0.6) is 0 Å². The third-order valence-corrected chi connectivity index (χ3v) is 3.10. The predicted octanol–water partition coefficient (Wildman–Crippen LogP) is 1.01. The maximum atomic E-state index is 10.8. The van der Waals surface area contributed by atoms with E-state index in [4.69, 9.17) is 9.84 Å². The number of morpholine rings is 1. The van der Waals surface area contributed by atoms with E-state index in [-0.39, 0.29) is 11.7 Å². The average Bonchev–Trinajstić information content (AvgIpc) is 2.17. The first kappa shape index (κ1) is 11.5. The van der Waals surface area contributed by atoms with Gasteiger partial charge in [0.05, 0.1) is 11.7 Å². The van der Waals surface area contributed by atoms with Gasteiger partial charge in [0.2, 0.25) is 0 Å². The minimum Gasteiger partial charge on any atom is -0.480 e. The number of hydrogen-bond donors (Lipinski definition) is 2. The van der Waals surface area contributed by atoms with Gasteiger partial charge in [-0.3, -0.25) is 10.1 Å². The summed E-state index contributed by atoms with van der Waals surface area (Å²) in [6.07, 6.45) is 1.56. The molecule has 2 unspecified atom stereocenters. The lowest BCUT2D eigenvalue weighted by Crippen LogP contribution is -2.60. The maximum Gasteiger partial charge on any atom is 0.323 e. The largest absolute Gasteiger partial charge is 0.480 e. The Hall–Kier alpha value is -0.610. The highest BCUT2D eigenvalue weighted by atomic mass is 16.5. The first-order valence-corrected chi connectivity index (χ1v) is 5.18. The molecule has 82 valence electrons. The van der Waals surface area contributed by atoms with Gasteiger partial charge >= 0.3 is 5.97 Å². The average molecular weight is 201 g/mol. The van der Waals surface area contributed by atoms with E-state index in [1.165, 1.54) is 0 Å². The van der Waals surface area contributed by atoms with Crippen molar-refractivity contribution in [3.05, 3.63) is 0 Å². The Morgan fingerprint density at radius 2 is 2.14 bits per heavy atom. The van der Waals surface area contributed by atoms with Crippen molar-refractivity contribution < 1.29 is 14.6 Å². The molecule has 0 bridgehead atoms. The molecule has 14 heavy (non-hydrogen) atoms. The molecule has 0 spiro atoms. The third kappa shape index (κ3) is 2.07. The molecule has 0 aliphatic carbocycles. The molecule has 1 heterocycles. The van der Waals surface area contributed by atoms with Gasteiger partial charge in [-0.25, -0.2) is 0 Å². The molecular weight excluding hydrogens is 182 g/mol. The number of ether oxygens (including phenoxy) is 1. The molecule has 0 aromatic rings. The molecule has 2 atom stereocenters. The Labute approximate surface area is 84.6 Å². The first-order valence-electron chi connectivity index (χ1n) is 5.18. The fourth-order valence-corrected chi connectivity index (χ4v) is 1.92. The van der Waals surface area contributed by atoms with Crippen LogP contribution in [0, 0.1) is 0 Å². The first-order chi connectivity index (χ1) is 6.54. The van der Waals surface area contributed by atoms with Gasteiger partial charge in [0.1, 0.15) is 6.04 Å². The van der Waals surface area contributed by atoms with Crippen LogP contribution in [-0.2, 0) is 9.53 Å². The monoisotopic (exact) mass is 201 g/mol. The molecule has 4 nitrogen and oxygen atoms in total. The highest BCUT2D eigenvalue weighted by molar-refractivity contribution is 5.74. The summed E-state index contributed by atoms with van der Waals surface area (Å²) in [5.74, 6) is -0.835. The molecule has 0 aromatic carbocycles. The molecule has 0 saturated carbocycles. The van der Waals surface area contributed by atoms with E-state index in [0.29, 0.717) is 6.54 Å². The molecule has 2 N–H and O–H groups in total. The molecule has 1 rings (SSSR count). The van der Waals surface area contributed by atoms with Crippen LogP contribution in [-0.4, -0.2) is 35.4 Å². The second kappa shape index (κ2) is 4.28. The predicted molar refractivity (Wildman–Crippen MR) is 53.3 cm³/mol. The van der Waals surface area contributed by atoms with Crippen molar-refractivity contribution in [2.45, 2.75) is 51.4 Å². The van der Waals surface area contributed by atoms with Gasteiger partial charge in [-0.2, -0.15) is 0 Å². The SMILES string of the molecule is CCC1(CC)CNC(C(=O)O)C(C)O1. The van der Waals surface area contributed by atoms with Crippen LogP contribution >= 0.6 is 0 Å². The summed E-state index contributed by atoms with van der Waals surface area (Å²) >= 11 is 0. The van der Waals surface area contributed by atoms with Gasteiger partial charge in [-0.15, -0.1) is 0 Å². The molecule has 4 heteroatoms. The van der Waals surface area contributed by atoms with Gasteiger partial charge in [0.25, 0.3) is 0 Å². The Bertz CT molecular complexity index is 213. The van der Waals surface area contributed by atoms with Gasteiger partial charge in [-0.05, 0) is 19.8 Å². The summed E-state index contributed by atoms with van der Waals surface area (Å²) in [6.45, 7) is 6.57. The zero-order valence-electron chi connectivity index (χ0n) is 9.04. The molecule has 1 saturated heterocycles. The van der Waals surface area contributed by atoms with Crippen LogP contribution in [0.25, 0.3) is 0 Å². The van der Waals surface area contributed by atoms with E-state index in [1.54, 1.807) is 0 Å². The number of hydrogen-bond acceptors (Lipinski definition) is 3. The number of nitrogens with one attached hydrogen (secondary N) is 1. The minimum atomic E-state index is -0.835. The molecule has 0 amide bonds. The van der Waals surface area contributed by atoms with E-state index in [0.717, 1.165) is 12.8 Å². The fraction of sp³-hybridized carbons (Fsp3) is 0.900. The van der Waals surface area contributed by atoms with E-state index in [2.05, 4.69) is 19.2 Å². The van der Waals surface area contributed by atoms with Crippen LogP contribution in [0.3, 0.4) is 0 Å². The van der Waals surface area contributed by atoms with Gasteiger partial charge in [0.15, 0.2) is 0 Å². The Morgan fingerprint density at radius 3 is 2.50 bits per heavy atom. The van der Waals surface area contributed by atoms with Crippen molar-refractivity contribution in [3.63, 3.8) is 0 Å². The van der Waals surface area contributed by atoms with Gasteiger partial charge < -0.3 is 9.84 Å². The molecular formula is C10H19NO3. The normalized spacial score (nSPS) is 31.4. The lowest BCUT2D eigenvalue weighted by atomic mass is 9.93. The lowest BCUT2D eigenvalue weighted by Gasteiger charge is -2.42. The number of carbonyl (C=O) groups is 1. The smallest absolute Gasteiger partial charge is 0.323 e. The Kier molecular flexibility index (Phi) is 3.50. The van der Waals surface area contributed by atoms with Gasteiger partial charge in [0, 0.05) is 6.54 Å². The summed E-state index contributed by atoms with van der Waals surface area (Å²) in [5, 5.41) is 11.9. The molecule has 0 radical (unpaired) electrons. The molecule has 0 aromatic heterocycles. The summed E-state index contributed by atoms with van der Waals surface area (Å²) < 4.78 is 5.80. The Morgan fingerprint density at radius 1 is 1.57 bits per heavy atom. The highest BCUT2D eigenvalue weighted by Crippen LogP contribution is 2.26. The lowest BCUT2D eigenvalue weighted by molar-refractivity contribution is -0.163. The van der Waals surface area contributed by atoms with Crippen molar-refractivity contribution in [3.8, 4) is 0 Å². The zero-order chi connectivity index (χ0) is 10.8. The van der Waals surface area contributed by atoms with Crippen LogP contribution in [0.2, 0.25) is 0 Å². The van der Waals surface area contributed by atoms with Crippen molar-refractivity contribution in [1.29, 1.82) is 0 Å². The second-order valence-electron chi connectivity index (χ2n) is 3.91. The quantitative estimate of drug-likeness (QED) is 0.715. The number of aliphatic carboxylic acids is 1. The number of carboxylic acids is 1. The third-order valence-electron chi connectivity index (χ3n) is 3.10. The van der Waals surface area contributed by atoms with Crippen LogP contribution < -0.4 is 5.32 Å². The summed E-state index contributed by atoms with van der Waals surface area (Å²) in [4.78, 5) is 10.8.